The second-order valence-corrected chi connectivity index (χ2v) is 7.09. The largest absolute Gasteiger partial charge is 0.490 e. The summed E-state index contributed by atoms with van der Waals surface area (Å²) in [4.78, 5) is 23.9. The van der Waals surface area contributed by atoms with Gasteiger partial charge in [0, 0.05) is 6.07 Å². The van der Waals surface area contributed by atoms with E-state index in [0.29, 0.717) is 0 Å². The zero-order valence-corrected chi connectivity index (χ0v) is 18.0. The highest BCUT2D eigenvalue weighted by atomic mass is 19.4. The highest BCUT2D eigenvalue weighted by molar-refractivity contribution is 5.84. The van der Waals surface area contributed by atoms with Crippen molar-refractivity contribution in [3.05, 3.63) is 82.1 Å². The van der Waals surface area contributed by atoms with Crippen LogP contribution < -0.4 is 19.6 Å². The van der Waals surface area contributed by atoms with Crippen LogP contribution in [0.2, 0.25) is 0 Å². The van der Waals surface area contributed by atoms with Crippen LogP contribution in [0.25, 0.3) is 11.0 Å². The smallest absolute Gasteiger partial charge is 0.453 e. The fourth-order valence-corrected chi connectivity index (χ4v) is 3.17. The van der Waals surface area contributed by atoms with E-state index < -0.39 is 29.1 Å². The molecule has 0 fully saturated rings. The summed E-state index contributed by atoms with van der Waals surface area (Å²) in [6.45, 7) is 1.72. The Morgan fingerprint density at radius 1 is 1.00 bits per heavy atom. The van der Waals surface area contributed by atoms with Gasteiger partial charge in [0.1, 0.15) is 23.7 Å². The van der Waals surface area contributed by atoms with E-state index in [2.05, 4.69) is 0 Å². The first kappa shape index (κ1) is 23.7. The summed E-state index contributed by atoms with van der Waals surface area (Å²) in [6.07, 6.45) is -5.04. The number of alkyl halides is 3. The van der Waals surface area contributed by atoms with Gasteiger partial charge in [0.15, 0.2) is 11.5 Å². The van der Waals surface area contributed by atoms with Crippen LogP contribution in [0.1, 0.15) is 29.0 Å². The number of carbonyl (C=O) groups is 1. The molecule has 0 spiro atoms. The average Bonchev–Trinajstić information content (AvgIpc) is 3.29. The molecule has 0 radical (unpaired) electrons. The van der Waals surface area contributed by atoms with Crippen molar-refractivity contribution in [1.82, 2.24) is 0 Å². The molecular weight excluding hydrogens is 473 g/mol. The molecular formula is C24H17F3O8. The van der Waals surface area contributed by atoms with Crippen molar-refractivity contribution in [2.24, 2.45) is 0 Å². The Bertz CT molecular complexity index is 1430. The average molecular weight is 490 g/mol. The molecule has 2 aromatic heterocycles. The monoisotopic (exact) mass is 490 g/mol. The Morgan fingerprint density at radius 2 is 1.74 bits per heavy atom. The molecule has 1 N–H and O–H groups in total. The second-order valence-electron chi connectivity index (χ2n) is 7.09. The number of aromatic carboxylic acids is 1. The number of para-hydroxylation sites is 2. The molecule has 4 rings (SSSR count). The molecule has 4 aromatic rings. The highest BCUT2D eigenvalue weighted by Gasteiger charge is 2.40. The van der Waals surface area contributed by atoms with Crippen molar-refractivity contribution in [2.75, 3.05) is 6.61 Å². The minimum atomic E-state index is -5.04. The fourth-order valence-electron chi connectivity index (χ4n) is 3.17. The number of carboxylic acids is 1. The second kappa shape index (κ2) is 9.45. The van der Waals surface area contributed by atoms with Crippen LogP contribution in [-0.2, 0) is 12.8 Å². The van der Waals surface area contributed by atoms with Crippen LogP contribution in [0.15, 0.2) is 68.2 Å². The lowest BCUT2D eigenvalue weighted by atomic mass is 10.2. The molecule has 8 nitrogen and oxygen atoms in total. The maximum Gasteiger partial charge on any atom is 0.453 e. The molecule has 182 valence electrons. The molecule has 0 bridgehead atoms. The van der Waals surface area contributed by atoms with Gasteiger partial charge in [-0.2, -0.15) is 13.2 Å². The van der Waals surface area contributed by atoms with Gasteiger partial charge in [-0.1, -0.05) is 12.1 Å². The lowest BCUT2D eigenvalue weighted by Crippen LogP contribution is -2.15. The lowest BCUT2D eigenvalue weighted by Gasteiger charge is -2.15. The third-order valence-electron chi connectivity index (χ3n) is 4.69. The van der Waals surface area contributed by atoms with E-state index in [1.807, 2.05) is 0 Å². The molecule has 2 heterocycles. The van der Waals surface area contributed by atoms with Gasteiger partial charge in [-0.3, -0.25) is 4.79 Å². The Hall–Kier alpha value is -4.41. The minimum absolute atomic E-state index is 0.0670. The summed E-state index contributed by atoms with van der Waals surface area (Å²) in [5, 5.41) is 8.72. The summed E-state index contributed by atoms with van der Waals surface area (Å²) >= 11 is 0. The van der Waals surface area contributed by atoms with E-state index >= 15 is 0 Å². The van der Waals surface area contributed by atoms with Crippen molar-refractivity contribution in [2.45, 2.75) is 19.7 Å². The molecule has 0 saturated heterocycles. The first-order valence-corrected chi connectivity index (χ1v) is 10.2. The molecule has 0 amide bonds. The zero-order chi connectivity index (χ0) is 25.2. The van der Waals surface area contributed by atoms with Gasteiger partial charge < -0.3 is 28.2 Å². The Labute approximate surface area is 195 Å². The van der Waals surface area contributed by atoms with E-state index in [0.717, 1.165) is 6.07 Å². The lowest BCUT2D eigenvalue weighted by molar-refractivity contribution is -0.154. The van der Waals surface area contributed by atoms with Crippen molar-refractivity contribution >= 4 is 16.9 Å². The number of furan rings is 1. The SMILES string of the molecule is CCOc1ccccc1Oc1c(C(F)(F)F)oc2cc(OCc3ccc(C(=O)O)o3)ccc2c1=O. The number of hydrogen-bond donors (Lipinski definition) is 1. The standard InChI is InChI=1S/C24H17F3O8/c1-2-31-16-5-3-4-6-17(16)34-21-20(28)15-9-7-13(11-19(15)35-22(21)24(25,26)27)32-12-14-8-10-18(33-14)23(29)30/h3-11H,2,12H2,1H3,(H,29,30). The fraction of sp³-hybridized carbons (Fsp3) is 0.167. The summed E-state index contributed by atoms with van der Waals surface area (Å²) in [7, 11) is 0. The van der Waals surface area contributed by atoms with Gasteiger partial charge >= 0.3 is 12.1 Å². The third kappa shape index (κ3) is 5.08. The Kier molecular flexibility index (Phi) is 6.41. The number of carboxylic acid groups (broad SMARTS) is 1. The summed E-state index contributed by atoms with van der Waals surface area (Å²) in [5.41, 5.74) is -1.41. The molecule has 0 aliphatic rings. The van der Waals surface area contributed by atoms with Crippen LogP contribution >= 0.6 is 0 Å². The van der Waals surface area contributed by atoms with Crippen LogP contribution in [0.4, 0.5) is 13.2 Å². The normalized spacial score (nSPS) is 11.4. The van der Waals surface area contributed by atoms with Gasteiger partial charge in [0.25, 0.3) is 5.76 Å². The first-order chi connectivity index (χ1) is 16.7. The van der Waals surface area contributed by atoms with Gasteiger partial charge in [-0.25, -0.2) is 4.79 Å². The van der Waals surface area contributed by atoms with E-state index in [1.165, 1.54) is 42.5 Å². The van der Waals surface area contributed by atoms with Crippen LogP contribution in [0.3, 0.4) is 0 Å². The summed E-state index contributed by atoms with van der Waals surface area (Å²) in [5.74, 6) is -3.86. The summed E-state index contributed by atoms with van der Waals surface area (Å²) < 4.78 is 67.7. The van der Waals surface area contributed by atoms with E-state index in [9.17, 15) is 22.8 Å². The number of benzene rings is 2. The molecule has 0 atom stereocenters. The molecule has 11 heteroatoms. The van der Waals surface area contributed by atoms with Crippen molar-refractivity contribution < 1.29 is 46.1 Å². The van der Waals surface area contributed by atoms with Crippen molar-refractivity contribution in [3.63, 3.8) is 0 Å². The number of halogens is 3. The maximum absolute atomic E-state index is 13.8. The topological polar surface area (TPSA) is 108 Å². The molecule has 0 aliphatic carbocycles. The highest BCUT2D eigenvalue weighted by Crippen LogP contribution is 2.40. The molecule has 2 aromatic carbocycles. The third-order valence-corrected chi connectivity index (χ3v) is 4.69. The van der Waals surface area contributed by atoms with E-state index in [1.54, 1.807) is 13.0 Å². The molecule has 0 aliphatic heterocycles. The van der Waals surface area contributed by atoms with Crippen LogP contribution in [0, 0.1) is 0 Å². The molecule has 35 heavy (non-hydrogen) atoms. The molecule has 0 unspecified atom stereocenters. The van der Waals surface area contributed by atoms with E-state index in [-0.39, 0.29) is 53.0 Å². The van der Waals surface area contributed by atoms with Crippen LogP contribution in [-0.4, -0.2) is 17.7 Å². The first-order valence-electron chi connectivity index (χ1n) is 10.2. The predicted octanol–water partition coefficient (Wildman–Crippen LogP) is 5.87. The number of ether oxygens (including phenoxy) is 3. The summed E-state index contributed by atoms with van der Waals surface area (Å²) in [6, 6.07) is 12.3. The maximum atomic E-state index is 13.8. The van der Waals surface area contributed by atoms with Gasteiger partial charge in [-0.05, 0) is 43.3 Å². The van der Waals surface area contributed by atoms with Gasteiger partial charge in [0.05, 0.1) is 12.0 Å². The number of fused-ring (bicyclic) bond motifs is 1. The zero-order valence-electron chi connectivity index (χ0n) is 18.0. The van der Waals surface area contributed by atoms with Gasteiger partial charge in [0.2, 0.25) is 16.9 Å². The van der Waals surface area contributed by atoms with E-state index in [4.69, 9.17) is 28.2 Å². The minimum Gasteiger partial charge on any atom is -0.490 e. The number of rotatable bonds is 8. The molecule has 0 saturated carbocycles. The van der Waals surface area contributed by atoms with Crippen LogP contribution in [0.5, 0.6) is 23.0 Å². The Balaban J connectivity index is 1.70. The van der Waals surface area contributed by atoms with Gasteiger partial charge in [-0.15, -0.1) is 0 Å². The Morgan fingerprint density at radius 3 is 2.40 bits per heavy atom. The van der Waals surface area contributed by atoms with Crippen molar-refractivity contribution in [3.8, 4) is 23.0 Å². The quantitative estimate of drug-likeness (QED) is 0.327. The van der Waals surface area contributed by atoms with Crippen molar-refractivity contribution in [1.29, 1.82) is 0 Å². The predicted molar refractivity (Wildman–Crippen MR) is 115 cm³/mol. The number of hydrogen-bond acceptors (Lipinski definition) is 7.